The fraction of sp³-hybridized carbons (Fsp3) is 0.233. The smallest absolute Gasteiger partial charge is 0.227 e. The first-order valence-corrected chi connectivity index (χ1v) is 13.0. The standard InChI is InChI=1S/C30H27N7O3/c1-20-32-18-27(40-20)23-13-25(30-24(15-31)17-34-37(30)19-23)22-7-8-28(33-16-22)35-9-11-36(12-10-35)29(38)14-21-5-3-4-6-26(21)39-2/h3-8,13,16-19H,9-12,14H2,1-2H3. The normalized spacial score (nSPS) is 13.4. The molecule has 0 unspecified atom stereocenters. The number of aromatic nitrogens is 4. The van der Waals surface area contributed by atoms with Gasteiger partial charge in [0.2, 0.25) is 5.91 Å². The predicted molar refractivity (Wildman–Crippen MR) is 149 cm³/mol. The van der Waals surface area contributed by atoms with Crippen molar-refractivity contribution in [2.75, 3.05) is 38.2 Å². The molecule has 0 radical (unpaired) electrons. The maximum Gasteiger partial charge on any atom is 0.227 e. The number of pyridine rings is 2. The molecule has 10 nitrogen and oxygen atoms in total. The highest BCUT2D eigenvalue weighted by atomic mass is 16.5. The SMILES string of the molecule is COc1ccccc1CC(=O)N1CCN(c2ccc(-c3cc(-c4cnc(C)o4)cn4ncc(C#N)c34)cn2)CC1. The zero-order valence-electron chi connectivity index (χ0n) is 22.2. The van der Waals surface area contributed by atoms with E-state index < -0.39 is 0 Å². The van der Waals surface area contributed by atoms with E-state index in [1.165, 1.54) is 0 Å². The third-order valence-electron chi connectivity index (χ3n) is 7.19. The van der Waals surface area contributed by atoms with Crippen molar-refractivity contribution in [3.8, 4) is 34.3 Å². The molecule has 0 atom stereocenters. The van der Waals surface area contributed by atoms with Crippen LogP contribution in [0.3, 0.4) is 0 Å². The molecule has 1 aliphatic rings. The second kappa shape index (κ2) is 10.5. The van der Waals surface area contributed by atoms with Crippen LogP contribution in [0.1, 0.15) is 17.0 Å². The Bertz CT molecular complexity index is 1720. The number of rotatable bonds is 6. The van der Waals surface area contributed by atoms with E-state index in [-0.39, 0.29) is 5.91 Å². The molecule has 0 aliphatic carbocycles. The Hall–Kier alpha value is -5.17. The molecule has 1 amide bonds. The first kappa shape index (κ1) is 25.1. The summed E-state index contributed by atoms with van der Waals surface area (Å²) in [5.41, 5.74) is 4.56. The van der Waals surface area contributed by atoms with E-state index in [4.69, 9.17) is 14.1 Å². The van der Waals surface area contributed by atoms with Crippen molar-refractivity contribution in [2.24, 2.45) is 0 Å². The van der Waals surface area contributed by atoms with E-state index >= 15 is 0 Å². The summed E-state index contributed by atoms with van der Waals surface area (Å²) in [6, 6.07) is 15.8. The lowest BCUT2D eigenvalue weighted by Gasteiger charge is -2.35. The fourth-order valence-corrected chi connectivity index (χ4v) is 5.09. The molecule has 1 saturated heterocycles. The molecule has 40 heavy (non-hydrogen) atoms. The van der Waals surface area contributed by atoms with Crippen LogP contribution in [0.2, 0.25) is 0 Å². The molecule has 1 aromatic carbocycles. The van der Waals surface area contributed by atoms with Crippen molar-refractivity contribution in [2.45, 2.75) is 13.3 Å². The number of oxazole rings is 1. The van der Waals surface area contributed by atoms with Crippen LogP contribution in [0, 0.1) is 18.3 Å². The molecule has 0 spiro atoms. The van der Waals surface area contributed by atoms with Crippen molar-refractivity contribution in [3.05, 3.63) is 84.3 Å². The Labute approximate surface area is 231 Å². The maximum absolute atomic E-state index is 12.9. The number of nitriles is 1. The number of ether oxygens (including phenoxy) is 1. The second-order valence-electron chi connectivity index (χ2n) is 9.61. The van der Waals surface area contributed by atoms with E-state index in [2.05, 4.69) is 21.1 Å². The number of aryl methyl sites for hydroxylation is 1. The Kier molecular flexibility index (Phi) is 6.62. The quantitative estimate of drug-likeness (QED) is 0.320. The Balaban J connectivity index is 1.20. The fourth-order valence-electron chi connectivity index (χ4n) is 5.09. The lowest BCUT2D eigenvalue weighted by atomic mass is 10.0. The summed E-state index contributed by atoms with van der Waals surface area (Å²) < 4.78 is 12.8. The van der Waals surface area contributed by atoms with Gasteiger partial charge in [0, 0.05) is 67.8 Å². The predicted octanol–water partition coefficient (Wildman–Crippen LogP) is 4.13. The van der Waals surface area contributed by atoms with Crippen LogP contribution in [-0.4, -0.2) is 63.7 Å². The summed E-state index contributed by atoms with van der Waals surface area (Å²) >= 11 is 0. The summed E-state index contributed by atoms with van der Waals surface area (Å²) in [6.45, 7) is 4.42. The van der Waals surface area contributed by atoms with Crippen LogP contribution in [0.15, 0.2) is 71.7 Å². The van der Waals surface area contributed by atoms with E-state index in [1.54, 1.807) is 30.9 Å². The molecular formula is C30H27N7O3. The van der Waals surface area contributed by atoms with Gasteiger partial charge < -0.3 is 19.0 Å². The molecule has 200 valence electrons. The number of fused-ring (bicyclic) bond motifs is 1. The molecule has 1 fully saturated rings. The highest BCUT2D eigenvalue weighted by molar-refractivity contribution is 5.87. The molecule has 4 aromatic heterocycles. The molecule has 5 aromatic rings. The van der Waals surface area contributed by atoms with Gasteiger partial charge >= 0.3 is 0 Å². The number of carbonyl (C=O) groups is 1. The topological polar surface area (TPSA) is 113 Å². The molecule has 6 rings (SSSR count). The van der Waals surface area contributed by atoms with Crippen molar-refractivity contribution in [1.82, 2.24) is 24.5 Å². The number of para-hydroxylation sites is 1. The van der Waals surface area contributed by atoms with Gasteiger partial charge in [-0.15, -0.1) is 0 Å². The minimum absolute atomic E-state index is 0.0902. The van der Waals surface area contributed by atoms with Gasteiger partial charge in [0.05, 0.1) is 37.0 Å². The number of carbonyl (C=O) groups excluding carboxylic acids is 1. The third-order valence-corrected chi connectivity index (χ3v) is 7.19. The van der Waals surface area contributed by atoms with Crippen LogP contribution < -0.4 is 9.64 Å². The van der Waals surface area contributed by atoms with E-state index in [9.17, 15) is 10.1 Å². The van der Waals surface area contributed by atoms with Gasteiger partial charge in [-0.05, 0) is 24.3 Å². The van der Waals surface area contributed by atoms with E-state index in [0.717, 1.165) is 33.8 Å². The summed E-state index contributed by atoms with van der Waals surface area (Å²) in [6.07, 6.45) is 7.20. The van der Waals surface area contributed by atoms with Gasteiger partial charge in [-0.1, -0.05) is 18.2 Å². The molecule has 10 heteroatoms. The second-order valence-corrected chi connectivity index (χ2v) is 9.61. The number of benzene rings is 1. The van der Waals surface area contributed by atoms with Crippen LogP contribution in [0.25, 0.3) is 28.0 Å². The molecule has 5 heterocycles. The Morgan fingerprint density at radius 2 is 1.88 bits per heavy atom. The molecular weight excluding hydrogens is 506 g/mol. The zero-order chi connectivity index (χ0) is 27.6. The van der Waals surface area contributed by atoms with Crippen molar-refractivity contribution < 1.29 is 13.9 Å². The average Bonchev–Trinajstić information content (AvgIpc) is 3.63. The number of piperazine rings is 1. The molecule has 1 aliphatic heterocycles. The molecule has 0 saturated carbocycles. The van der Waals surface area contributed by atoms with Gasteiger partial charge in [0.1, 0.15) is 17.6 Å². The van der Waals surface area contributed by atoms with Crippen molar-refractivity contribution in [3.63, 3.8) is 0 Å². The zero-order valence-corrected chi connectivity index (χ0v) is 22.2. The number of hydrogen-bond acceptors (Lipinski definition) is 8. The minimum atomic E-state index is 0.0902. The number of methoxy groups -OCH3 is 1. The highest BCUT2D eigenvalue weighted by Gasteiger charge is 2.23. The number of hydrogen-bond donors (Lipinski definition) is 0. The van der Waals surface area contributed by atoms with E-state index in [0.29, 0.717) is 55.3 Å². The van der Waals surface area contributed by atoms with Gasteiger partial charge in [-0.25, -0.2) is 14.5 Å². The van der Waals surface area contributed by atoms with Gasteiger partial charge in [-0.3, -0.25) is 4.79 Å². The average molecular weight is 534 g/mol. The van der Waals surface area contributed by atoms with Crippen molar-refractivity contribution in [1.29, 1.82) is 5.26 Å². The minimum Gasteiger partial charge on any atom is -0.496 e. The number of amides is 1. The van der Waals surface area contributed by atoms with Crippen LogP contribution in [0.4, 0.5) is 5.82 Å². The molecule has 0 bridgehead atoms. The van der Waals surface area contributed by atoms with Gasteiger partial charge in [-0.2, -0.15) is 10.4 Å². The van der Waals surface area contributed by atoms with Gasteiger partial charge in [0.15, 0.2) is 11.7 Å². The van der Waals surface area contributed by atoms with Crippen LogP contribution in [0.5, 0.6) is 5.75 Å². The largest absolute Gasteiger partial charge is 0.496 e. The monoisotopic (exact) mass is 533 g/mol. The van der Waals surface area contributed by atoms with Crippen LogP contribution in [-0.2, 0) is 11.2 Å². The number of anilines is 1. The number of nitrogens with zero attached hydrogens (tertiary/aromatic N) is 7. The lowest BCUT2D eigenvalue weighted by molar-refractivity contribution is -0.130. The summed E-state index contributed by atoms with van der Waals surface area (Å²) in [5.74, 6) is 2.86. The Morgan fingerprint density at radius 3 is 2.58 bits per heavy atom. The molecule has 0 N–H and O–H groups in total. The maximum atomic E-state index is 12.9. The van der Waals surface area contributed by atoms with Gasteiger partial charge in [0.25, 0.3) is 0 Å². The highest BCUT2D eigenvalue weighted by Crippen LogP contribution is 2.32. The Morgan fingerprint density at radius 1 is 1.05 bits per heavy atom. The summed E-state index contributed by atoms with van der Waals surface area (Å²) in [4.78, 5) is 26.0. The first-order valence-electron chi connectivity index (χ1n) is 13.0. The summed E-state index contributed by atoms with van der Waals surface area (Å²) in [5, 5.41) is 14.1. The van der Waals surface area contributed by atoms with Crippen molar-refractivity contribution >= 4 is 17.2 Å². The third kappa shape index (κ3) is 4.73. The summed E-state index contributed by atoms with van der Waals surface area (Å²) in [7, 11) is 1.62. The van der Waals surface area contributed by atoms with E-state index in [1.807, 2.05) is 59.8 Å². The lowest BCUT2D eigenvalue weighted by Crippen LogP contribution is -2.49. The van der Waals surface area contributed by atoms with Crippen LogP contribution >= 0.6 is 0 Å². The first-order chi connectivity index (χ1) is 19.5.